The van der Waals surface area contributed by atoms with Crippen molar-refractivity contribution in [3.05, 3.63) is 24.2 Å². The summed E-state index contributed by atoms with van der Waals surface area (Å²) in [6, 6.07) is 0.289. The number of aromatic nitrogens is 7. The fraction of sp³-hybridized carbons (Fsp3) is 0.462. The van der Waals surface area contributed by atoms with Crippen LogP contribution in [-0.2, 0) is 20.0 Å². The first kappa shape index (κ1) is 12.2. The van der Waals surface area contributed by atoms with Crippen molar-refractivity contribution in [2.24, 2.45) is 7.05 Å². The molecule has 3 aromatic heterocycles. The molecular formula is C13H16N8. The Labute approximate surface area is 121 Å². The fourth-order valence-electron chi connectivity index (χ4n) is 2.82. The largest absolute Gasteiger partial charge is 0.365 e. The summed E-state index contributed by atoms with van der Waals surface area (Å²) in [6.45, 7) is 2.74. The van der Waals surface area contributed by atoms with Crippen LogP contribution in [0.15, 0.2) is 12.5 Å². The summed E-state index contributed by atoms with van der Waals surface area (Å²) in [5, 5.41) is 13.1. The number of rotatable bonds is 2. The summed E-state index contributed by atoms with van der Waals surface area (Å²) >= 11 is 0. The molecule has 8 nitrogen and oxygen atoms in total. The third-order valence-corrected chi connectivity index (χ3v) is 3.83. The molecule has 1 atom stereocenters. The predicted molar refractivity (Wildman–Crippen MR) is 76.8 cm³/mol. The third-order valence-electron chi connectivity index (χ3n) is 3.83. The standard InChI is InChI=1S/C13H16N8/c1-8-17-11-4-3-9(6-21(11)19-8)18-12-10-5-16-20(2)13(10)15-7-14-12/h5,7,9H,3-4,6H2,1-2H3,(H,14,15,18)/t9-/m1/s1. The van der Waals surface area contributed by atoms with Crippen molar-refractivity contribution in [2.45, 2.75) is 32.4 Å². The molecule has 1 aliphatic heterocycles. The van der Waals surface area contributed by atoms with E-state index >= 15 is 0 Å². The summed E-state index contributed by atoms with van der Waals surface area (Å²) in [4.78, 5) is 13.0. The van der Waals surface area contributed by atoms with E-state index in [0.29, 0.717) is 0 Å². The van der Waals surface area contributed by atoms with E-state index < -0.39 is 0 Å². The average molecular weight is 284 g/mol. The number of aryl methyl sites for hydroxylation is 3. The van der Waals surface area contributed by atoms with Crippen LogP contribution in [0.1, 0.15) is 18.1 Å². The van der Waals surface area contributed by atoms with E-state index in [2.05, 4.69) is 30.5 Å². The van der Waals surface area contributed by atoms with Crippen molar-refractivity contribution >= 4 is 16.9 Å². The molecule has 0 radical (unpaired) electrons. The Kier molecular flexibility index (Phi) is 2.63. The highest BCUT2D eigenvalue weighted by atomic mass is 15.4. The van der Waals surface area contributed by atoms with Crippen LogP contribution in [0, 0.1) is 6.92 Å². The minimum absolute atomic E-state index is 0.289. The summed E-state index contributed by atoms with van der Waals surface area (Å²) in [5.74, 6) is 2.74. The first-order chi connectivity index (χ1) is 10.2. The Bertz CT molecular complexity index is 802. The van der Waals surface area contributed by atoms with Gasteiger partial charge in [-0.3, -0.25) is 4.68 Å². The zero-order valence-corrected chi connectivity index (χ0v) is 12.0. The Morgan fingerprint density at radius 2 is 2.24 bits per heavy atom. The molecule has 1 aliphatic rings. The SMILES string of the molecule is Cc1nc2n(n1)C[C@H](Nc1ncnc3c1cnn3C)CC2. The normalized spacial score (nSPS) is 17.9. The second-order valence-electron chi connectivity index (χ2n) is 5.37. The molecule has 0 amide bonds. The molecule has 0 aliphatic carbocycles. The van der Waals surface area contributed by atoms with Gasteiger partial charge in [0.1, 0.15) is 23.8 Å². The van der Waals surface area contributed by atoms with Gasteiger partial charge in [-0.2, -0.15) is 10.2 Å². The van der Waals surface area contributed by atoms with Crippen molar-refractivity contribution in [2.75, 3.05) is 5.32 Å². The van der Waals surface area contributed by atoms with Crippen LogP contribution in [0.5, 0.6) is 0 Å². The van der Waals surface area contributed by atoms with Crippen LogP contribution in [0.3, 0.4) is 0 Å². The van der Waals surface area contributed by atoms with E-state index in [-0.39, 0.29) is 6.04 Å². The molecule has 1 N–H and O–H groups in total. The summed E-state index contributed by atoms with van der Waals surface area (Å²) in [6.07, 6.45) is 5.31. The Morgan fingerprint density at radius 1 is 1.33 bits per heavy atom. The van der Waals surface area contributed by atoms with E-state index in [0.717, 1.165) is 47.9 Å². The Balaban J connectivity index is 1.61. The van der Waals surface area contributed by atoms with Crippen molar-refractivity contribution in [3.8, 4) is 0 Å². The van der Waals surface area contributed by atoms with Crippen LogP contribution >= 0.6 is 0 Å². The smallest absolute Gasteiger partial charge is 0.163 e. The topological polar surface area (TPSA) is 86.3 Å². The number of anilines is 1. The molecule has 8 heteroatoms. The maximum Gasteiger partial charge on any atom is 0.163 e. The van der Waals surface area contributed by atoms with Gasteiger partial charge in [-0.25, -0.2) is 19.6 Å². The molecule has 0 fully saturated rings. The maximum absolute atomic E-state index is 4.43. The van der Waals surface area contributed by atoms with Crippen LogP contribution in [0.2, 0.25) is 0 Å². The monoisotopic (exact) mass is 284 g/mol. The van der Waals surface area contributed by atoms with Gasteiger partial charge in [-0.1, -0.05) is 0 Å². The number of hydrogen-bond acceptors (Lipinski definition) is 6. The van der Waals surface area contributed by atoms with Gasteiger partial charge in [0.25, 0.3) is 0 Å². The number of fused-ring (bicyclic) bond motifs is 2. The molecule has 0 saturated carbocycles. The van der Waals surface area contributed by atoms with Gasteiger partial charge in [0.15, 0.2) is 5.65 Å². The average Bonchev–Trinajstić information content (AvgIpc) is 3.02. The van der Waals surface area contributed by atoms with Gasteiger partial charge < -0.3 is 5.32 Å². The minimum Gasteiger partial charge on any atom is -0.365 e. The second-order valence-corrected chi connectivity index (χ2v) is 5.37. The van der Waals surface area contributed by atoms with Gasteiger partial charge in [0, 0.05) is 19.5 Å². The van der Waals surface area contributed by atoms with Crippen LogP contribution in [0.25, 0.3) is 11.0 Å². The van der Waals surface area contributed by atoms with E-state index in [1.165, 1.54) is 0 Å². The highest BCUT2D eigenvalue weighted by Crippen LogP contribution is 2.21. The zero-order chi connectivity index (χ0) is 14.4. The lowest BCUT2D eigenvalue weighted by Crippen LogP contribution is -2.32. The molecule has 21 heavy (non-hydrogen) atoms. The molecule has 0 bridgehead atoms. The molecule has 0 saturated heterocycles. The van der Waals surface area contributed by atoms with Gasteiger partial charge in [-0.15, -0.1) is 0 Å². The van der Waals surface area contributed by atoms with Gasteiger partial charge in [-0.05, 0) is 13.3 Å². The summed E-state index contributed by atoms with van der Waals surface area (Å²) < 4.78 is 3.74. The predicted octanol–water partition coefficient (Wildman–Crippen LogP) is 0.690. The maximum atomic E-state index is 4.43. The molecule has 108 valence electrons. The van der Waals surface area contributed by atoms with Crippen LogP contribution in [-0.4, -0.2) is 40.6 Å². The molecule has 3 aromatic rings. The van der Waals surface area contributed by atoms with Crippen molar-refractivity contribution in [1.29, 1.82) is 0 Å². The number of nitrogens with one attached hydrogen (secondary N) is 1. The highest BCUT2D eigenvalue weighted by Gasteiger charge is 2.22. The van der Waals surface area contributed by atoms with Gasteiger partial charge in [0.2, 0.25) is 0 Å². The molecule has 0 unspecified atom stereocenters. The lowest BCUT2D eigenvalue weighted by atomic mass is 10.1. The molecule has 0 spiro atoms. The van der Waals surface area contributed by atoms with Gasteiger partial charge >= 0.3 is 0 Å². The van der Waals surface area contributed by atoms with Crippen molar-refractivity contribution in [1.82, 2.24) is 34.5 Å². The fourth-order valence-corrected chi connectivity index (χ4v) is 2.82. The lowest BCUT2D eigenvalue weighted by Gasteiger charge is -2.24. The second kappa shape index (κ2) is 4.51. The number of hydrogen-bond donors (Lipinski definition) is 1. The first-order valence-electron chi connectivity index (χ1n) is 7.00. The molecule has 4 rings (SSSR count). The van der Waals surface area contributed by atoms with E-state index in [4.69, 9.17) is 0 Å². The Morgan fingerprint density at radius 3 is 3.14 bits per heavy atom. The first-order valence-corrected chi connectivity index (χ1v) is 7.00. The van der Waals surface area contributed by atoms with Crippen LogP contribution in [0.4, 0.5) is 5.82 Å². The van der Waals surface area contributed by atoms with Gasteiger partial charge in [0.05, 0.1) is 18.1 Å². The van der Waals surface area contributed by atoms with E-state index in [1.54, 1.807) is 17.2 Å². The summed E-state index contributed by atoms with van der Waals surface area (Å²) in [7, 11) is 1.88. The highest BCUT2D eigenvalue weighted by molar-refractivity contribution is 5.86. The Hall–Kier alpha value is -2.51. The van der Waals surface area contributed by atoms with E-state index in [1.807, 2.05) is 18.7 Å². The lowest BCUT2D eigenvalue weighted by molar-refractivity contribution is 0.440. The minimum atomic E-state index is 0.289. The van der Waals surface area contributed by atoms with E-state index in [9.17, 15) is 0 Å². The van der Waals surface area contributed by atoms with Crippen LogP contribution < -0.4 is 5.32 Å². The van der Waals surface area contributed by atoms with Crippen molar-refractivity contribution < 1.29 is 0 Å². The summed E-state index contributed by atoms with van der Waals surface area (Å²) in [5.41, 5.74) is 0.834. The molecule has 4 heterocycles. The molecular weight excluding hydrogens is 268 g/mol. The quantitative estimate of drug-likeness (QED) is 0.745. The molecule has 0 aromatic carbocycles. The third kappa shape index (κ3) is 2.03. The van der Waals surface area contributed by atoms with Crippen molar-refractivity contribution in [3.63, 3.8) is 0 Å². The zero-order valence-electron chi connectivity index (χ0n) is 12.0. The number of nitrogens with zero attached hydrogens (tertiary/aromatic N) is 7.